The summed E-state index contributed by atoms with van der Waals surface area (Å²) in [5.74, 6) is 0.223. The molecule has 0 saturated carbocycles. The van der Waals surface area contributed by atoms with Crippen LogP contribution >= 0.6 is 15.9 Å². The summed E-state index contributed by atoms with van der Waals surface area (Å²) in [5, 5.41) is 0. The highest BCUT2D eigenvalue weighted by Gasteiger charge is 2.33. The summed E-state index contributed by atoms with van der Waals surface area (Å²) in [4.78, 5) is 19.1. The Morgan fingerprint density at radius 1 is 1.00 bits per heavy atom. The average molecular weight is 451 g/mol. The Morgan fingerprint density at radius 3 is 2.34 bits per heavy atom. The van der Waals surface area contributed by atoms with Crippen molar-refractivity contribution in [1.82, 2.24) is 0 Å². The van der Waals surface area contributed by atoms with Gasteiger partial charge in [-0.3, -0.25) is 9.69 Å². The first kappa shape index (κ1) is 19.1. The van der Waals surface area contributed by atoms with Gasteiger partial charge in [0.1, 0.15) is 17.3 Å². The molecule has 0 atom stereocenters. The molecule has 144 valence electrons. The Balaban J connectivity index is 1.81. The van der Waals surface area contributed by atoms with Crippen molar-refractivity contribution in [3.8, 4) is 5.75 Å². The average Bonchev–Trinajstić information content (AvgIpc) is 3.05. The first-order chi connectivity index (χ1) is 14.1. The first-order valence-electron chi connectivity index (χ1n) is 8.86. The third kappa shape index (κ3) is 3.84. The molecule has 0 N–H and O–H groups in total. The van der Waals surface area contributed by atoms with Crippen LogP contribution in [0.15, 0.2) is 88.0 Å². The van der Waals surface area contributed by atoms with Gasteiger partial charge in [0, 0.05) is 4.47 Å². The van der Waals surface area contributed by atoms with Crippen LogP contribution in [0.3, 0.4) is 0 Å². The Bertz CT molecular complexity index is 1120. The lowest BCUT2D eigenvalue weighted by Gasteiger charge is -2.19. The number of hydrogen-bond acceptors (Lipinski definition) is 3. The van der Waals surface area contributed by atoms with Gasteiger partial charge in [0.15, 0.2) is 5.84 Å². The minimum atomic E-state index is -0.438. The zero-order valence-corrected chi connectivity index (χ0v) is 17.1. The van der Waals surface area contributed by atoms with E-state index in [1.54, 1.807) is 55.7 Å². The van der Waals surface area contributed by atoms with Gasteiger partial charge in [-0.2, -0.15) is 0 Å². The normalized spacial score (nSPS) is 15.0. The summed E-state index contributed by atoms with van der Waals surface area (Å²) in [6.07, 6.45) is 1.68. The summed E-state index contributed by atoms with van der Waals surface area (Å²) in [6.45, 7) is 0. The Labute approximate surface area is 176 Å². The maximum absolute atomic E-state index is 14.5. The largest absolute Gasteiger partial charge is 0.497 e. The second-order valence-electron chi connectivity index (χ2n) is 6.33. The van der Waals surface area contributed by atoms with Crippen LogP contribution < -0.4 is 9.64 Å². The van der Waals surface area contributed by atoms with Gasteiger partial charge in [-0.1, -0.05) is 40.2 Å². The van der Waals surface area contributed by atoms with Crippen LogP contribution in [0.5, 0.6) is 5.75 Å². The quantitative estimate of drug-likeness (QED) is 0.497. The number of halogens is 2. The first-order valence-corrected chi connectivity index (χ1v) is 9.65. The highest BCUT2D eigenvalue weighted by Crippen LogP contribution is 2.29. The number of methoxy groups -OCH3 is 1. The van der Waals surface area contributed by atoms with Gasteiger partial charge in [-0.25, -0.2) is 9.38 Å². The highest BCUT2D eigenvalue weighted by molar-refractivity contribution is 9.10. The zero-order valence-electron chi connectivity index (χ0n) is 15.5. The van der Waals surface area contributed by atoms with Gasteiger partial charge in [0.05, 0.1) is 18.4 Å². The lowest BCUT2D eigenvalue weighted by molar-refractivity contribution is -0.113. The SMILES string of the molecule is COc1ccc(/C=C2/N=C(c3ccccc3F)N(c3ccc(Br)cc3)C2=O)cc1. The fourth-order valence-electron chi connectivity index (χ4n) is 3.03. The topological polar surface area (TPSA) is 41.9 Å². The number of carbonyl (C=O) groups excluding carboxylic acids is 1. The number of rotatable bonds is 4. The Hall–Kier alpha value is -3.25. The van der Waals surface area contributed by atoms with Crippen LogP contribution in [0.25, 0.3) is 6.08 Å². The van der Waals surface area contributed by atoms with Gasteiger partial charge < -0.3 is 4.74 Å². The van der Waals surface area contributed by atoms with Crippen molar-refractivity contribution >= 4 is 39.4 Å². The molecule has 4 nitrogen and oxygen atoms in total. The number of carbonyl (C=O) groups is 1. The number of amides is 1. The molecule has 29 heavy (non-hydrogen) atoms. The van der Waals surface area contributed by atoms with Crippen molar-refractivity contribution in [3.05, 3.63) is 99.9 Å². The predicted molar refractivity (Wildman–Crippen MR) is 116 cm³/mol. The molecule has 6 heteroatoms. The molecule has 0 aromatic heterocycles. The lowest BCUT2D eigenvalue weighted by Crippen LogP contribution is -2.33. The van der Waals surface area contributed by atoms with E-state index in [0.29, 0.717) is 5.69 Å². The van der Waals surface area contributed by atoms with E-state index in [0.717, 1.165) is 15.8 Å². The molecule has 4 rings (SSSR count). The molecular formula is C23H16BrFN2O2. The summed E-state index contributed by atoms with van der Waals surface area (Å²) >= 11 is 3.39. The molecule has 0 aliphatic carbocycles. The number of anilines is 1. The van der Waals surface area contributed by atoms with E-state index in [4.69, 9.17) is 4.74 Å². The second-order valence-corrected chi connectivity index (χ2v) is 7.25. The predicted octanol–water partition coefficient (Wildman–Crippen LogP) is 5.43. The number of benzene rings is 3. The molecule has 0 saturated heterocycles. The standard InChI is InChI=1S/C23H16BrFN2O2/c1-29-18-12-6-15(7-13-18)14-21-23(28)27(17-10-8-16(24)9-11-17)22(26-21)19-4-2-3-5-20(19)25/h2-14H,1H3/b21-14+. The number of hydrogen-bond donors (Lipinski definition) is 0. The fraction of sp³-hybridized carbons (Fsp3) is 0.0435. The zero-order chi connectivity index (χ0) is 20.4. The maximum Gasteiger partial charge on any atom is 0.282 e. The fourth-order valence-corrected chi connectivity index (χ4v) is 3.29. The Morgan fingerprint density at radius 2 is 1.69 bits per heavy atom. The second kappa shape index (κ2) is 8.01. The molecule has 1 heterocycles. The van der Waals surface area contributed by atoms with Crippen molar-refractivity contribution in [2.45, 2.75) is 0 Å². The molecule has 3 aromatic rings. The highest BCUT2D eigenvalue weighted by atomic mass is 79.9. The summed E-state index contributed by atoms with van der Waals surface area (Å²) < 4.78 is 20.5. The Kier molecular flexibility index (Phi) is 5.27. The molecule has 1 aliphatic heterocycles. The molecule has 0 spiro atoms. The van der Waals surface area contributed by atoms with Crippen molar-refractivity contribution in [1.29, 1.82) is 0 Å². The van der Waals surface area contributed by atoms with E-state index in [-0.39, 0.29) is 23.0 Å². The van der Waals surface area contributed by atoms with Gasteiger partial charge in [-0.15, -0.1) is 0 Å². The molecule has 3 aromatic carbocycles. The van der Waals surface area contributed by atoms with Crippen LogP contribution in [0.2, 0.25) is 0 Å². The monoisotopic (exact) mass is 450 g/mol. The van der Waals surface area contributed by atoms with E-state index in [1.165, 1.54) is 11.0 Å². The van der Waals surface area contributed by atoms with Crippen molar-refractivity contribution in [2.24, 2.45) is 4.99 Å². The van der Waals surface area contributed by atoms with E-state index in [1.807, 2.05) is 24.3 Å². The number of nitrogens with zero attached hydrogens (tertiary/aromatic N) is 2. The van der Waals surface area contributed by atoms with Gasteiger partial charge >= 0.3 is 0 Å². The van der Waals surface area contributed by atoms with Crippen molar-refractivity contribution in [3.63, 3.8) is 0 Å². The number of amidine groups is 1. The minimum absolute atomic E-state index is 0.233. The molecular weight excluding hydrogens is 435 g/mol. The lowest BCUT2D eigenvalue weighted by atomic mass is 10.1. The van der Waals surface area contributed by atoms with E-state index in [2.05, 4.69) is 20.9 Å². The summed E-state index contributed by atoms with van der Waals surface area (Å²) in [7, 11) is 1.59. The van der Waals surface area contributed by atoms with Crippen LogP contribution in [0, 0.1) is 5.82 Å². The van der Waals surface area contributed by atoms with Gasteiger partial charge in [-0.05, 0) is 60.2 Å². The molecule has 0 bridgehead atoms. The molecule has 0 unspecified atom stereocenters. The van der Waals surface area contributed by atoms with Crippen molar-refractivity contribution < 1.29 is 13.9 Å². The van der Waals surface area contributed by atoms with Crippen LogP contribution in [-0.2, 0) is 4.79 Å². The summed E-state index contributed by atoms with van der Waals surface area (Å²) in [5.41, 5.74) is 1.90. The molecule has 1 amide bonds. The van der Waals surface area contributed by atoms with Gasteiger partial charge in [0.25, 0.3) is 5.91 Å². The molecule has 1 aliphatic rings. The number of ether oxygens (including phenoxy) is 1. The van der Waals surface area contributed by atoms with Crippen LogP contribution in [0.4, 0.5) is 10.1 Å². The van der Waals surface area contributed by atoms with Crippen molar-refractivity contribution in [2.75, 3.05) is 12.0 Å². The van der Waals surface area contributed by atoms with E-state index >= 15 is 0 Å². The van der Waals surface area contributed by atoms with Crippen LogP contribution in [-0.4, -0.2) is 18.9 Å². The molecule has 0 radical (unpaired) electrons. The third-order valence-corrected chi connectivity index (χ3v) is 5.01. The van der Waals surface area contributed by atoms with E-state index < -0.39 is 5.82 Å². The van der Waals surface area contributed by atoms with Gasteiger partial charge in [0.2, 0.25) is 0 Å². The smallest absolute Gasteiger partial charge is 0.282 e. The summed E-state index contributed by atoms with van der Waals surface area (Å²) in [6, 6.07) is 20.8. The molecule has 0 fully saturated rings. The maximum atomic E-state index is 14.5. The third-order valence-electron chi connectivity index (χ3n) is 4.48. The van der Waals surface area contributed by atoms with E-state index in [9.17, 15) is 9.18 Å². The minimum Gasteiger partial charge on any atom is -0.497 e. The number of aliphatic imine (C=N–C) groups is 1. The van der Waals surface area contributed by atoms with Crippen LogP contribution in [0.1, 0.15) is 11.1 Å².